The van der Waals surface area contributed by atoms with Gasteiger partial charge in [-0.25, -0.2) is 9.78 Å². The van der Waals surface area contributed by atoms with Gasteiger partial charge >= 0.3 is 5.97 Å². The van der Waals surface area contributed by atoms with Gasteiger partial charge in [0, 0.05) is 41.8 Å². The lowest BCUT2D eigenvalue weighted by Gasteiger charge is -2.27. The van der Waals surface area contributed by atoms with E-state index in [1.54, 1.807) is 44.3 Å². The van der Waals surface area contributed by atoms with Gasteiger partial charge in [0.1, 0.15) is 18.1 Å². The quantitative estimate of drug-likeness (QED) is 0.116. The molecule has 2 aromatic carbocycles. The summed E-state index contributed by atoms with van der Waals surface area (Å²) in [7, 11) is 0. The summed E-state index contributed by atoms with van der Waals surface area (Å²) >= 11 is 0. The molecule has 4 unspecified atom stereocenters. The van der Waals surface area contributed by atoms with Crippen LogP contribution in [0.25, 0.3) is 10.9 Å². The smallest absolute Gasteiger partial charge is 0.326 e. The maximum absolute atomic E-state index is 13.5. The zero-order valence-corrected chi connectivity index (χ0v) is 24.0. The number of aromatic amines is 2. The molecule has 8 N–H and O–H groups in total. The van der Waals surface area contributed by atoms with E-state index in [1.165, 1.54) is 12.5 Å². The first-order chi connectivity index (χ1) is 20.6. The number of rotatable bonds is 14. The summed E-state index contributed by atoms with van der Waals surface area (Å²) in [5.41, 5.74) is 9.39. The number of hydrogen-bond donors (Lipinski definition) is 7. The molecule has 0 bridgehead atoms. The van der Waals surface area contributed by atoms with Gasteiger partial charge in [-0.15, -0.1) is 0 Å². The lowest BCUT2D eigenvalue weighted by Crippen LogP contribution is -2.59. The number of hydrogen-bond acceptors (Lipinski definition) is 6. The van der Waals surface area contributed by atoms with Crippen molar-refractivity contribution < 1.29 is 24.3 Å². The van der Waals surface area contributed by atoms with Crippen LogP contribution in [0.3, 0.4) is 0 Å². The molecule has 0 aliphatic rings. The molecule has 0 fully saturated rings. The van der Waals surface area contributed by atoms with E-state index in [2.05, 4.69) is 30.9 Å². The molecule has 43 heavy (non-hydrogen) atoms. The molecule has 12 nitrogen and oxygen atoms in total. The second-order valence-corrected chi connectivity index (χ2v) is 10.8. The Labute approximate surface area is 248 Å². The fraction of sp³-hybridized carbons (Fsp3) is 0.323. The third-order valence-corrected chi connectivity index (χ3v) is 7.21. The molecular weight excluding hydrogens is 550 g/mol. The minimum absolute atomic E-state index is 0.0651. The van der Waals surface area contributed by atoms with E-state index in [0.717, 1.165) is 22.0 Å². The topological polar surface area (TPSA) is 195 Å². The van der Waals surface area contributed by atoms with Crippen LogP contribution >= 0.6 is 0 Å². The van der Waals surface area contributed by atoms with Crippen LogP contribution < -0.4 is 21.7 Å². The lowest BCUT2D eigenvalue weighted by molar-refractivity contribution is -0.142. The van der Waals surface area contributed by atoms with Crippen LogP contribution in [0.15, 0.2) is 73.3 Å². The number of fused-ring (bicyclic) bond motifs is 1. The number of nitrogens with one attached hydrogen (secondary N) is 5. The van der Waals surface area contributed by atoms with Crippen LogP contribution in [0.2, 0.25) is 0 Å². The van der Waals surface area contributed by atoms with Crippen molar-refractivity contribution >= 4 is 34.6 Å². The van der Waals surface area contributed by atoms with E-state index in [4.69, 9.17) is 5.73 Å². The highest BCUT2D eigenvalue weighted by Crippen LogP contribution is 2.19. The summed E-state index contributed by atoms with van der Waals surface area (Å²) in [6, 6.07) is 12.3. The van der Waals surface area contributed by atoms with Crippen LogP contribution in [0.4, 0.5) is 0 Å². The third kappa shape index (κ3) is 8.29. The maximum Gasteiger partial charge on any atom is 0.326 e. The minimum atomic E-state index is -1.20. The monoisotopic (exact) mass is 587 g/mol. The highest BCUT2D eigenvalue weighted by Gasteiger charge is 2.32. The van der Waals surface area contributed by atoms with Crippen LogP contribution in [0.5, 0.6) is 0 Å². The van der Waals surface area contributed by atoms with Crippen molar-refractivity contribution in [2.45, 2.75) is 57.3 Å². The second kappa shape index (κ2) is 14.3. The largest absolute Gasteiger partial charge is 0.480 e. The van der Waals surface area contributed by atoms with Gasteiger partial charge in [-0.2, -0.15) is 0 Å². The molecule has 2 aromatic heterocycles. The summed E-state index contributed by atoms with van der Waals surface area (Å²) in [6.07, 6.45) is 5.18. The van der Waals surface area contributed by atoms with E-state index >= 15 is 0 Å². The number of carbonyl (C=O) groups excluding carboxylic acids is 3. The van der Waals surface area contributed by atoms with Crippen molar-refractivity contribution in [3.63, 3.8) is 0 Å². The molecule has 4 atom stereocenters. The number of benzene rings is 2. The van der Waals surface area contributed by atoms with Crippen molar-refractivity contribution in [3.05, 3.63) is 90.1 Å². The predicted octanol–water partition coefficient (Wildman–Crippen LogP) is 1.44. The number of aliphatic carboxylic acids is 1. The number of carboxylic acid groups (broad SMARTS) is 1. The van der Waals surface area contributed by atoms with Crippen molar-refractivity contribution in [1.82, 2.24) is 30.9 Å². The molecule has 12 heteroatoms. The highest BCUT2D eigenvalue weighted by atomic mass is 16.4. The van der Waals surface area contributed by atoms with Crippen molar-refractivity contribution in [2.75, 3.05) is 0 Å². The average molecular weight is 588 g/mol. The SMILES string of the molecule is CC(C)C(NC(=O)C(Cc1cnc[nH]1)NC(=O)C(N)Cc1c[nH]c2ccccc12)C(=O)NC(Cc1ccccc1)C(=O)O. The summed E-state index contributed by atoms with van der Waals surface area (Å²) in [5.74, 6) is -3.38. The normalized spacial score (nSPS) is 14.0. The lowest BCUT2D eigenvalue weighted by atomic mass is 10.00. The average Bonchev–Trinajstić information content (AvgIpc) is 3.65. The number of para-hydroxylation sites is 1. The zero-order valence-electron chi connectivity index (χ0n) is 24.0. The van der Waals surface area contributed by atoms with Gasteiger partial charge in [0.25, 0.3) is 0 Å². The molecule has 4 aromatic rings. The molecule has 0 saturated heterocycles. The van der Waals surface area contributed by atoms with E-state index in [0.29, 0.717) is 5.69 Å². The van der Waals surface area contributed by atoms with Crippen LogP contribution in [-0.4, -0.2) is 67.9 Å². The van der Waals surface area contributed by atoms with E-state index < -0.39 is 47.9 Å². The Morgan fingerprint density at radius 1 is 0.837 bits per heavy atom. The summed E-state index contributed by atoms with van der Waals surface area (Å²) in [4.78, 5) is 62.0. The van der Waals surface area contributed by atoms with Gasteiger partial charge in [-0.1, -0.05) is 62.4 Å². The van der Waals surface area contributed by atoms with Gasteiger partial charge in [-0.3, -0.25) is 14.4 Å². The first-order valence-corrected chi connectivity index (χ1v) is 14.1. The molecule has 4 rings (SSSR count). The molecule has 0 aliphatic carbocycles. The molecule has 226 valence electrons. The number of amides is 3. The maximum atomic E-state index is 13.5. The van der Waals surface area contributed by atoms with Gasteiger partial charge in [-0.05, 0) is 29.5 Å². The molecular formula is C31H37N7O5. The number of nitrogens with zero attached hydrogens (tertiary/aromatic N) is 1. The molecule has 3 amide bonds. The standard InChI is InChI=1S/C31H37N7O5/c1-18(2)27(30(41)37-26(31(42)43)12-19-8-4-3-5-9-19)38-29(40)25(14-21-16-33-17-35-21)36-28(39)23(32)13-20-15-34-24-11-7-6-10-22(20)24/h3-11,15-18,23,25-27,34H,12-14,32H2,1-2H3,(H,33,35)(H,36,39)(H,37,41)(H,38,40)(H,42,43). The summed E-state index contributed by atoms with van der Waals surface area (Å²) in [6.45, 7) is 3.47. The van der Waals surface area contributed by atoms with Crippen LogP contribution in [-0.2, 0) is 38.4 Å². The third-order valence-electron chi connectivity index (χ3n) is 7.21. The zero-order chi connectivity index (χ0) is 30.9. The Hall–Kier alpha value is -4.97. The summed E-state index contributed by atoms with van der Waals surface area (Å²) < 4.78 is 0. The fourth-order valence-electron chi connectivity index (χ4n) is 4.83. The molecule has 2 heterocycles. The number of imidazole rings is 1. The molecule has 0 radical (unpaired) electrons. The van der Waals surface area contributed by atoms with Crippen molar-refractivity contribution in [2.24, 2.45) is 11.7 Å². The Kier molecular flexibility index (Phi) is 10.3. The van der Waals surface area contributed by atoms with E-state index in [9.17, 15) is 24.3 Å². The van der Waals surface area contributed by atoms with Gasteiger partial charge in [0.2, 0.25) is 17.7 Å². The number of H-pyrrole nitrogens is 2. The van der Waals surface area contributed by atoms with Crippen molar-refractivity contribution in [1.29, 1.82) is 0 Å². The first-order valence-electron chi connectivity index (χ1n) is 14.1. The molecule has 0 aliphatic heterocycles. The molecule has 0 saturated carbocycles. The molecule has 0 spiro atoms. The number of aromatic nitrogens is 3. The summed E-state index contributed by atoms with van der Waals surface area (Å²) in [5, 5.41) is 18.7. The minimum Gasteiger partial charge on any atom is -0.480 e. The number of nitrogens with two attached hydrogens (primary N) is 1. The number of carboxylic acids is 1. The predicted molar refractivity (Wildman–Crippen MR) is 161 cm³/mol. The van der Waals surface area contributed by atoms with E-state index in [-0.39, 0.29) is 25.2 Å². The van der Waals surface area contributed by atoms with Gasteiger partial charge in [0.15, 0.2) is 0 Å². The van der Waals surface area contributed by atoms with Gasteiger partial charge in [0.05, 0.1) is 12.4 Å². The Balaban J connectivity index is 1.45. The highest BCUT2D eigenvalue weighted by molar-refractivity contribution is 5.94. The van der Waals surface area contributed by atoms with E-state index in [1.807, 2.05) is 30.3 Å². The Morgan fingerprint density at radius 2 is 1.53 bits per heavy atom. The van der Waals surface area contributed by atoms with Crippen LogP contribution in [0, 0.1) is 5.92 Å². The Morgan fingerprint density at radius 3 is 2.21 bits per heavy atom. The van der Waals surface area contributed by atoms with Crippen LogP contribution in [0.1, 0.15) is 30.7 Å². The second-order valence-electron chi connectivity index (χ2n) is 10.8. The number of carbonyl (C=O) groups is 4. The van der Waals surface area contributed by atoms with Crippen molar-refractivity contribution in [3.8, 4) is 0 Å². The first kappa shape index (κ1) is 31.0. The fourth-order valence-corrected chi connectivity index (χ4v) is 4.83. The van der Waals surface area contributed by atoms with Gasteiger partial charge < -0.3 is 36.8 Å². The Bertz CT molecular complexity index is 1530.